The van der Waals surface area contributed by atoms with Gasteiger partial charge in [0.15, 0.2) is 5.96 Å². The Morgan fingerprint density at radius 3 is 2.42 bits per heavy atom. The van der Waals surface area contributed by atoms with Crippen molar-refractivity contribution < 1.29 is 9.84 Å². The molecule has 0 spiro atoms. The Kier molecular flexibility index (Phi) is 7.82. The number of aliphatic imine (C=N–C) groups is 1. The van der Waals surface area contributed by atoms with E-state index in [4.69, 9.17) is 10.5 Å². The van der Waals surface area contributed by atoms with Gasteiger partial charge in [-0.3, -0.25) is 4.99 Å². The van der Waals surface area contributed by atoms with Gasteiger partial charge < -0.3 is 20.5 Å². The van der Waals surface area contributed by atoms with Gasteiger partial charge in [-0.05, 0) is 18.8 Å². The number of ether oxygens (including phenoxy) is 1. The van der Waals surface area contributed by atoms with Crippen molar-refractivity contribution in [3.8, 4) is 0 Å². The van der Waals surface area contributed by atoms with Gasteiger partial charge in [-0.2, -0.15) is 0 Å². The lowest BCUT2D eigenvalue weighted by Gasteiger charge is -2.21. The minimum absolute atomic E-state index is 0.320. The van der Waals surface area contributed by atoms with Crippen LogP contribution in [0.1, 0.15) is 39.5 Å². The summed E-state index contributed by atoms with van der Waals surface area (Å²) in [6.07, 6.45) is 4.33. The second-order valence-electron chi connectivity index (χ2n) is 5.69. The van der Waals surface area contributed by atoms with E-state index in [0.717, 1.165) is 13.1 Å². The first kappa shape index (κ1) is 16.2. The molecule has 1 heterocycles. The van der Waals surface area contributed by atoms with Crippen molar-refractivity contribution in [1.29, 1.82) is 0 Å². The number of hydrogen-bond donors (Lipinski definition) is 2. The van der Waals surface area contributed by atoms with Crippen LogP contribution < -0.4 is 5.73 Å². The van der Waals surface area contributed by atoms with Gasteiger partial charge in [-0.1, -0.05) is 26.7 Å². The highest BCUT2D eigenvalue weighted by Gasteiger charge is 2.11. The molecule has 5 heteroatoms. The molecule has 0 amide bonds. The fourth-order valence-corrected chi connectivity index (χ4v) is 2.09. The largest absolute Gasteiger partial charge is 0.389 e. The molecule has 0 aromatic heterocycles. The van der Waals surface area contributed by atoms with Gasteiger partial charge in [0.25, 0.3) is 0 Å². The summed E-state index contributed by atoms with van der Waals surface area (Å²) in [4.78, 5) is 6.40. The minimum Gasteiger partial charge on any atom is -0.389 e. The van der Waals surface area contributed by atoms with E-state index in [1.54, 1.807) is 0 Å². The molecular weight excluding hydrogens is 242 g/mol. The Balaban J connectivity index is 2.25. The molecule has 3 N–H and O–H groups in total. The molecule has 1 unspecified atom stereocenters. The molecule has 1 saturated heterocycles. The molecule has 1 aliphatic rings. The average molecular weight is 271 g/mol. The molecule has 0 aromatic carbocycles. The number of nitrogens with two attached hydrogens (primary N) is 1. The quantitative estimate of drug-likeness (QED) is 0.563. The third-order valence-corrected chi connectivity index (χ3v) is 3.16. The maximum Gasteiger partial charge on any atom is 0.191 e. The summed E-state index contributed by atoms with van der Waals surface area (Å²) in [7, 11) is 0. The molecule has 0 aliphatic carbocycles. The minimum atomic E-state index is -0.565. The van der Waals surface area contributed by atoms with Crippen molar-refractivity contribution >= 4 is 5.96 Å². The van der Waals surface area contributed by atoms with Gasteiger partial charge in [0.1, 0.15) is 0 Å². The van der Waals surface area contributed by atoms with E-state index >= 15 is 0 Å². The maximum absolute atomic E-state index is 9.76. The maximum atomic E-state index is 9.76. The zero-order valence-electron chi connectivity index (χ0n) is 12.3. The molecule has 19 heavy (non-hydrogen) atoms. The van der Waals surface area contributed by atoms with E-state index in [2.05, 4.69) is 23.7 Å². The topological polar surface area (TPSA) is 71.1 Å². The van der Waals surface area contributed by atoms with Crippen LogP contribution in [0.2, 0.25) is 0 Å². The highest BCUT2D eigenvalue weighted by atomic mass is 16.5. The number of nitrogens with zero attached hydrogens (tertiary/aromatic N) is 2. The highest BCUT2D eigenvalue weighted by Crippen LogP contribution is 2.09. The van der Waals surface area contributed by atoms with Crippen molar-refractivity contribution in [2.24, 2.45) is 16.6 Å². The summed E-state index contributed by atoms with van der Waals surface area (Å²) >= 11 is 0. The Bertz CT molecular complexity index is 261. The summed E-state index contributed by atoms with van der Waals surface area (Å²) in [5.74, 6) is 1.04. The van der Waals surface area contributed by atoms with E-state index < -0.39 is 6.10 Å². The number of hydrogen-bond acceptors (Lipinski definition) is 3. The smallest absolute Gasteiger partial charge is 0.191 e. The van der Waals surface area contributed by atoms with Crippen LogP contribution in [0.4, 0.5) is 0 Å². The predicted molar refractivity (Wildman–Crippen MR) is 78.2 cm³/mol. The van der Waals surface area contributed by atoms with Gasteiger partial charge in [0.2, 0.25) is 0 Å². The van der Waals surface area contributed by atoms with Crippen LogP contribution in [-0.2, 0) is 4.74 Å². The number of likely N-dealkylation sites (tertiary alicyclic amines) is 1. The molecule has 112 valence electrons. The summed E-state index contributed by atoms with van der Waals surface area (Å²) < 4.78 is 5.38. The summed E-state index contributed by atoms with van der Waals surface area (Å²) in [5.41, 5.74) is 5.97. The number of aliphatic hydroxyl groups excluding tert-OH is 1. The predicted octanol–water partition coefficient (Wildman–Crippen LogP) is 1.21. The van der Waals surface area contributed by atoms with E-state index in [9.17, 15) is 5.11 Å². The molecule has 5 nitrogen and oxygen atoms in total. The molecule has 1 atom stereocenters. The molecule has 1 aliphatic heterocycles. The molecule has 1 rings (SSSR count). The second-order valence-corrected chi connectivity index (χ2v) is 5.69. The van der Waals surface area contributed by atoms with Crippen LogP contribution in [0.15, 0.2) is 4.99 Å². The zero-order valence-corrected chi connectivity index (χ0v) is 12.3. The number of aliphatic hydroxyl groups is 1. The van der Waals surface area contributed by atoms with Crippen LogP contribution in [0.3, 0.4) is 0 Å². The summed E-state index contributed by atoms with van der Waals surface area (Å²) in [6, 6.07) is 0. The van der Waals surface area contributed by atoms with Crippen LogP contribution >= 0.6 is 0 Å². The highest BCUT2D eigenvalue weighted by molar-refractivity contribution is 5.78. The first-order valence-corrected chi connectivity index (χ1v) is 7.40. The first-order valence-electron chi connectivity index (χ1n) is 7.40. The third-order valence-electron chi connectivity index (χ3n) is 3.16. The standard InChI is InChI=1S/C14H29N3O2/c1-12(2)10-19-11-13(18)9-16-14(15)17-7-5-3-4-6-8-17/h12-13,18H,3-11H2,1-2H3,(H2,15,16). The van der Waals surface area contributed by atoms with Gasteiger partial charge in [0, 0.05) is 19.7 Å². The second kappa shape index (κ2) is 9.15. The molecule has 0 radical (unpaired) electrons. The van der Waals surface area contributed by atoms with Crippen molar-refractivity contribution in [2.45, 2.75) is 45.6 Å². The number of guanidine groups is 1. The van der Waals surface area contributed by atoms with Crippen LogP contribution in [0, 0.1) is 5.92 Å². The van der Waals surface area contributed by atoms with Gasteiger partial charge >= 0.3 is 0 Å². The van der Waals surface area contributed by atoms with Gasteiger partial charge in [-0.25, -0.2) is 0 Å². The fraction of sp³-hybridized carbons (Fsp3) is 0.929. The molecule has 1 fully saturated rings. The summed E-state index contributed by atoms with van der Waals surface area (Å²) in [6.45, 7) is 7.45. The molecule has 0 aromatic rings. The van der Waals surface area contributed by atoms with E-state index in [1.165, 1.54) is 25.7 Å². The average Bonchev–Trinajstić information content (AvgIpc) is 2.64. The lowest BCUT2D eigenvalue weighted by Crippen LogP contribution is -2.38. The van der Waals surface area contributed by atoms with E-state index in [-0.39, 0.29) is 0 Å². The first-order chi connectivity index (χ1) is 9.09. The van der Waals surface area contributed by atoms with Crippen molar-refractivity contribution in [2.75, 3.05) is 32.8 Å². The van der Waals surface area contributed by atoms with Crippen molar-refractivity contribution in [1.82, 2.24) is 4.90 Å². The monoisotopic (exact) mass is 271 g/mol. The van der Waals surface area contributed by atoms with Crippen molar-refractivity contribution in [3.63, 3.8) is 0 Å². The van der Waals surface area contributed by atoms with Crippen molar-refractivity contribution in [3.05, 3.63) is 0 Å². The molecular formula is C14H29N3O2. The molecule has 0 bridgehead atoms. The fourth-order valence-electron chi connectivity index (χ4n) is 2.09. The lowest BCUT2D eigenvalue weighted by molar-refractivity contribution is 0.0301. The van der Waals surface area contributed by atoms with Crippen LogP contribution in [-0.4, -0.2) is 54.9 Å². The third kappa shape index (κ3) is 7.38. The Morgan fingerprint density at radius 1 is 1.21 bits per heavy atom. The van der Waals surface area contributed by atoms with Gasteiger partial charge in [0.05, 0.1) is 19.3 Å². The Hall–Kier alpha value is -0.810. The Morgan fingerprint density at radius 2 is 1.84 bits per heavy atom. The lowest BCUT2D eigenvalue weighted by atomic mass is 10.2. The summed E-state index contributed by atoms with van der Waals surface area (Å²) in [5, 5.41) is 9.76. The Labute approximate surface area is 116 Å². The number of rotatable bonds is 6. The normalized spacial score (nSPS) is 19.6. The van der Waals surface area contributed by atoms with Crippen LogP contribution in [0.25, 0.3) is 0 Å². The van der Waals surface area contributed by atoms with Crippen LogP contribution in [0.5, 0.6) is 0 Å². The van der Waals surface area contributed by atoms with E-state index in [0.29, 0.717) is 31.6 Å². The SMILES string of the molecule is CC(C)COCC(O)CN=C(N)N1CCCCCC1. The molecule has 0 saturated carbocycles. The van der Waals surface area contributed by atoms with Gasteiger partial charge in [-0.15, -0.1) is 0 Å². The zero-order chi connectivity index (χ0) is 14.1. The van der Waals surface area contributed by atoms with E-state index in [1.807, 2.05) is 0 Å².